The van der Waals surface area contributed by atoms with Gasteiger partial charge >= 0.3 is 0 Å². The predicted octanol–water partition coefficient (Wildman–Crippen LogP) is 2.53. The van der Waals surface area contributed by atoms with Gasteiger partial charge in [-0.15, -0.1) is 0 Å². The monoisotopic (exact) mass is 287 g/mol. The van der Waals surface area contributed by atoms with Gasteiger partial charge in [-0.1, -0.05) is 0 Å². The molecule has 0 aromatic heterocycles. The van der Waals surface area contributed by atoms with Crippen molar-refractivity contribution in [3.63, 3.8) is 0 Å². The van der Waals surface area contributed by atoms with E-state index in [1.165, 1.54) is 14.2 Å². The molecule has 0 aliphatic carbocycles. The molecule has 0 unspecified atom stereocenters. The van der Waals surface area contributed by atoms with Crippen molar-refractivity contribution in [2.75, 3.05) is 27.1 Å². The first-order valence-electron chi connectivity index (χ1n) is 6.31. The highest BCUT2D eigenvalue weighted by Crippen LogP contribution is 2.30. The van der Waals surface area contributed by atoms with E-state index in [9.17, 15) is 4.79 Å². The number of methoxy groups -OCH3 is 3. The maximum absolute atomic E-state index is 12.7. The number of nitrogen functional groups attached to an aromatic ring is 1. The van der Waals surface area contributed by atoms with Gasteiger partial charge in [-0.05, 0) is 30.3 Å². The van der Waals surface area contributed by atoms with Crippen molar-refractivity contribution in [2.24, 2.45) is 0 Å². The van der Waals surface area contributed by atoms with E-state index in [0.717, 1.165) is 0 Å². The van der Waals surface area contributed by atoms with Crippen LogP contribution in [0.1, 0.15) is 15.9 Å². The fourth-order valence-electron chi connectivity index (χ4n) is 2.03. The molecule has 0 fully saturated rings. The molecule has 0 radical (unpaired) electrons. The largest absolute Gasteiger partial charge is 0.497 e. The molecule has 21 heavy (non-hydrogen) atoms. The molecular formula is C16H17NO4. The number of ether oxygens (including phenoxy) is 3. The van der Waals surface area contributed by atoms with Gasteiger partial charge in [0.15, 0.2) is 0 Å². The first kappa shape index (κ1) is 14.7. The number of hydrogen-bond acceptors (Lipinski definition) is 5. The van der Waals surface area contributed by atoms with Gasteiger partial charge in [0.05, 0.1) is 32.5 Å². The standard InChI is InChI=1S/C16H17NO4/c1-19-11-5-7-14(20-2)13(9-11)16(18)12-6-4-10(17)8-15(12)21-3/h4-9H,17H2,1-3H3. The quantitative estimate of drug-likeness (QED) is 0.676. The van der Waals surface area contributed by atoms with Crippen LogP contribution in [0.15, 0.2) is 36.4 Å². The molecule has 0 atom stereocenters. The lowest BCUT2D eigenvalue weighted by molar-refractivity contribution is 0.103. The topological polar surface area (TPSA) is 70.8 Å². The third-order valence-electron chi connectivity index (χ3n) is 3.12. The molecule has 0 aliphatic rings. The van der Waals surface area contributed by atoms with Gasteiger partial charge in [0.2, 0.25) is 5.78 Å². The van der Waals surface area contributed by atoms with Crippen molar-refractivity contribution in [3.8, 4) is 17.2 Å². The van der Waals surface area contributed by atoms with Crippen molar-refractivity contribution in [3.05, 3.63) is 47.5 Å². The van der Waals surface area contributed by atoms with E-state index in [2.05, 4.69) is 0 Å². The van der Waals surface area contributed by atoms with Crippen LogP contribution < -0.4 is 19.9 Å². The Kier molecular flexibility index (Phi) is 4.33. The summed E-state index contributed by atoms with van der Waals surface area (Å²) in [7, 11) is 4.55. The lowest BCUT2D eigenvalue weighted by Crippen LogP contribution is -2.07. The summed E-state index contributed by atoms with van der Waals surface area (Å²) in [5.41, 5.74) is 7.05. The normalized spacial score (nSPS) is 10.0. The lowest BCUT2D eigenvalue weighted by Gasteiger charge is -2.12. The molecule has 0 heterocycles. The average Bonchev–Trinajstić information content (AvgIpc) is 2.53. The number of nitrogens with two attached hydrogens (primary N) is 1. The minimum absolute atomic E-state index is 0.220. The van der Waals surface area contributed by atoms with Crippen LogP contribution in [0.25, 0.3) is 0 Å². The van der Waals surface area contributed by atoms with E-state index in [4.69, 9.17) is 19.9 Å². The van der Waals surface area contributed by atoms with E-state index < -0.39 is 0 Å². The van der Waals surface area contributed by atoms with Crippen LogP contribution in [0.4, 0.5) is 5.69 Å². The summed E-state index contributed by atoms with van der Waals surface area (Å²) in [5.74, 6) is 1.25. The summed E-state index contributed by atoms with van der Waals surface area (Å²) in [6.07, 6.45) is 0. The van der Waals surface area contributed by atoms with Gasteiger partial charge in [0.25, 0.3) is 0 Å². The number of hydrogen-bond donors (Lipinski definition) is 1. The molecule has 0 bridgehead atoms. The number of anilines is 1. The first-order chi connectivity index (χ1) is 10.1. The Morgan fingerprint density at radius 1 is 0.857 bits per heavy atom. The third kappa shape index (κ3) is 2.91. The molecule has 2 rings (SSSR count). The van der Waals surface area contributed by atoms with Gasteiger partial charge in [0, 0.05) is 11.8 Å². The van der Waals surface area contributed by atoms with Crippen LogP contribution in [0.5, 0.6) is 17.2 Å². The minimum atomic E-state index is -0.220. The number of carbonyl (C=O) groups is 1. The van der Waals surface area contributed by atoms with Gasteiger partial charge in [-0.25, -0.2) is 0 Å². The molecule has 0 amide bonds. The molecule has 0 saturated carbocycles. The molecule has 5 heteroatoms. The second-order valence-corrected chi connectivity index (χ2v) is 4.36. The fraction of sp³-hybridized carbons (Fsp3) is 0.188. The van der Waals surface area contributed by atoms with E-state index in [-0.39, 0.29) is 5.78 Å². The molecule has 2 aromatic carbocycles. The van der Waals surface area contributed by atoms with E-state index in [0.29, 0.717) is 34.1 Å². The summed E-state index contributed by atoms with van der Waals surface area (Å²) in [5, 5.41) is 0. The Balaban J connectivity index is 2.53. The Morgan fingerprint density at radius 2 is 1.57 bits per heavy atom. The minimum Gasteiger partial charge on any atom is -0.497 e. The highest BCUT2D eigenvalue weighted by atomic mass is 16.5. The van der Waals surface area contributed by atoms with Crippen LogP contribution in [0.2, 0.25) is 0 Å². The lowest BCUT2D eigenvalue weighted by atomic mass is 10.0. The van der Waals surface area contributed by atoms with Crippen LogP contribution in [0, 0.1) is 0 Å². The zero-order chi connectivity index (χ0) is 15.4. The second kappa shape index (κ2) is 6.17. The highest BCUT2D eigenvalue weighted by Gasteiger charge is 2.19. The Morgan fingerprint density at radius 3 is 2.19 bits per heavy atom. The zero-order valence-electron chi connectivity index (χ0n) is 12.2. The first-order valence-corrected chi connectivity index (χ1v) is 6.31. The number of rotatable bonds is 5. The van der Waals surface area contributed by atoms with Crippen molar-refractivity contribution in [2.45, 2.75) is 0 Å². The van der Waals surface area contributed by atoms with Gasteiger partial charge in [-0.3, -0.25) is 4.79 Å². The second-order valence-electron chi connectivity index (χ2n) is 4.36. The molecular weight excluding hydrogens is 270 g/mol. The summed E-state index contributed by atoms with van der Waals surface area (Å²) < 4.78 is 15.6. The van der Waals surface area contributed by atoms with Crippen LogP contribution in [-0.4, -0.2) is 27.1 Å². The van der Waals surface area contributed by atoms with E-state index in [1.54, 1.807) is 43.5 Å². The summed E-state index contributed by atoms with van der Waals surface area (Å²) >= 11 is 0. The van der Waals surface area contributed by atoms with Gasteiger partial charge in [0.1, 0.15) is 17.2 Å². The van der Waals surface area contributed by atoms with Crippen LogP contribution in [-0.2, 0) is 0 Å². The molecule has 5 nitrogen and oxygen atoms in total. The van der Waals surface area contributed by atoms with Crippen LogP contribution >= 0.6 is 0 Å². The molecule has 2 N–H and O–H groups in total. The van der Waals surface area contributed by atoms with Crippen molar-refractivity contribution < 1.29 is 19.0 Å². The maximum Gasteiger partial charge on any atom is 0.200 e. The molecule has 0 spiro atoms. The Hall–Kier alpha value is -2.69. The Bertz CT molecular complexity index is 667. The fourth-order valence-corrected chi connectivity index (χ4v) is 2.03. The number of benzene rings is 2. The molecule has 110 valence electrons. The summed E-state index contributed by atoms with van der Waals surface area (Å²) in [4.78, 5) is 12.7. The van der Waals surface area contributed by atoms with Crippen LogP contribution in [0.3, 0.4) is 0 Å². The maximum atomic E-state index is 12.7. The summed E-state index contributed by atoms with van der Waals surface area (Å²) in [6, 6.07) is 9.96. The van der Waals surface area contributed by atoms with Crippen molar-refractivity contribution in [1.82, 2.24) is 0 Å². The Labute approximate surface area is 123 Å². The SMILES string of the molecule is COc1ccc(OC)c(C(=O)c2ccc(N)cc2OC)c1. The average molecular weight is 287 g/mol. The van der Waals surface area contributed by atoms with Gasteiger partial charge < -0.3 is 19.9 Å². The summed E-state index contributed by atoms with van der Waals surface area (Å²) in [6.45, 7) is 0. The number of ketones is 1. The van der Waals surface area contributed by atoms with Crippen molar-refractivity contribution in [1.29, 1.82) is 0 Å². The zero-order valence-corrected chi connectivity index (χ0v) is 12.2. The molecule has 2 aromatic rings. The van der Waals surface area contributed by atoms with E-state index >= 15 is 0 Å². The highest BCUT2D eigenvalue weighted by molar-refractivity contribution is 6.12. The molecule has 0 aliphatic heterocycles. The predicted molar refractivity (Wildman–Crippen MR) is 80.4 cm³/mol. The van der Waals surface area contributed by atoms with Crippen molar-refractivity contribution >= 4 is 11.5 Å². The van der Waals surface area contributed by atoms with E-state index in [1.807, 2.05) is 0 Å². The smallest absolute Gasteiger partial charge is 0.200 e. The van der Waals surface area contributed by atoms with Gasteiger partial charge in [-0.2, -0.15) is 0 Å². The number of carbonyl (C=O) groups excluding carboxylic acids is 1. The third-order valence-corrected chi connectivity index (χ3v) is 3.12. The molecule has 0 saturated heterocycles.